The van der Waals surface area contributed by atoms with Gasteiger partial charge >= 0.3 is 0 Å². The van der Waals surface area contributed by atoms with Crippen LogP contribution >= 0.6 is 0 Å². The number of carbonyl (C=O) groups excluding carboxylic acids is 1. The van der Waals surface area contributed by atoms with E-state index in [9.17, 15) is 4.79 Å². The van der Waals surface area contributed by atoms with Gasteiger partial charge in [0.15, 0.2) is 12.4 Å². The van der Waals surface area contributed by atoms with Crippen molar-refractivity contribution in [2.75, 3.05) is 0 Å². The lowest BCUT2D eigenvalue weighted by Crippen LogP contribution is -2.44. The normalized spacial score (nSPS) is 11.9. The van der Waals surface area contributed by atoms with Gasteiger partial charge in [0.05, 0.1) is 0 Å². The van der Waals surface area contributed by atoms with Crippen LogP contribution in [0.15, 0.2) is 54.9 Å². The molecule has 2 aromatic rings. The van der Waals surface area contributed by atoms with Crippen LogP contribution in [0.25, 0.3) is 11.1 Å². The van der Waals surface area contributed by atoms with E-state index in [2.05, 4.69) is 30.4 Å². The van der Waals surface area contributed by atoms with Crippen molar-refractivity contribution < 1.29 is 9.36 Å². The van der Waals surface area contributed by atoms with Crippen molar-refractivity contribution in [1.29, 1.82) is 0 Å². The number of carbonyl (C=O) groups is 1. The van der Waals surface area contributed by atoms with Crippen molar-refractivity contribution in [3.63, 3.8) is 0 Å². The lowest BCUT2D eigenvalue weighted by molar-refractivity contribution is -0.684. The summed E-state index contributed by atoms with van der Waals surface area (Å²) in [5.74, 6) is 0.0505. The highest BCUT2D eigenvalue weighted by atomic mass is 16.2. The number of amides is 1. The van der Waals surface area contributed by atoms with Crippen LogP contribution in [0.4, 0.5) is 0 Å². The SMILES string of the molecule is CC[C@H](C)NC(=O)C[n+]1cccc(-c2ccccc2)c1. The fourth-order valence-electron chi connectivity index (χ4n) is 2.01. The average molecular weight is 269 g/mol. The summed E-state index contributed by atoms with van der Waals surface area (Å²) < 4.78 is 1.92. The molecule has 3 heteroatoms. The second kappa shape index (κ2) is 6.85. The van der Waals surface area contributed by atoms with E-state index in [4.69, 9.17) is 0 Å². The van der Waals surface area contributed by atoms with Crippen LogP contribution in [-0.4, -0.2) is 11.9 Å². The molecule has 0 saturated carbocycles. The van der Waals surface area contributed by atoms with E-state index in [0.29, 0.717) is 6.54 Å². The summed E-state index contributed by atoms with van der Waals surface area (Å²) in [5, 5.41) is 2.98. The summed E-state index contributed by atoms with van der Waals surface area (Å²) in [7, 11) is 0. The van der Waals surface area contributed by atoms with Crippen LogP contribution in [-0.2, 0) is 11.3 Å². The minimum Gasteiger partial charge on any atom is -0.348 e. The van der Waals surface area contributed by atoms with Gasteiger partial charge in [-0.3, -0.25) is 4.79 Å². The van der Waals surface area contributed by atoms with Crippen molar-refractivity contribution in [2.24, 2.45) is 0 Å². The van der Waals surface area contributed by atoms with E-state index in [1.54, 1.807) is 0 Å². The maximum Gasteiger partial charge on any atom is 0.286 e. The molecule has 1 heterocycles. The topological polar surface area (TPSA) is 33.0 Å². The summed E-state index contributed by atoms with van der Waals surface area (Å²) in [6.07, 6.45) is 4.87. The number of benzene rings is 1. The van der Waals surface area contributed by atoms with Gasteiger partial charge in [-0.05, 0) is 25.0 Å². The highest BCUT2D eigenvalue weighted by molar-refractivity contribution is 5.74. The lowest BCUT2D eigenvalue weighted by atomic mass is 10.1. The largest absolute Gasteiger partial charge is 0.348 e. The average Bonchev–Trinajstić information content (AvgIpc) is 2.48. The molecule has 20 heavy (non-hydrogen) atoms. The summed E-state index contributed by atoms with van der Waals surface area (Å²) in [4.78, 5) is 11.9. The highest BCUT2D eigenvalue weighted by Crippen LogP contribution is 2.15. The zero-order valence-corrected chi connectivity index (χ0v) is 12.0. The minimum absolute atomic E-state index is 0.0505. The molecule has 104 valence electrons. The van der Waals surface area contributed by atoms with E-state index in [0.717, 1.165) is 17.5 Å². The molecule has 3 nitrogen and oxygen atoms in total. The smallest absolute Gasteiger partial charge is 0.286 e. The molecular formula is C17H21N2O+. The minimum atomic E-state index is 0.0505. The molecule has 0 radical (unpaired) electrons. The van der Waals surface area contributed by atoms with Crippen LogP contribution in [0, 0.1) is 0 Å². The number of pyridine rings is 1. The first-order valence-corrected chi connectivity index (χ1v) is 7.03. The van der Waals surface area contributed by atoms with Gasteiger partial charge in [-0.1, -0.05) is 37.3 Å². The quantitative estimate of drug-likeness (QED) is 0.831. The Hall–Kier alpha value is -2.16. The summed E-state index contributed by atoms with van der Waals surface area (Å²) in [6.45, 7) is 4.43. The number of rotatable bonds is 5. The van der Waals surface area contributed by atoms with Crippen molar-refractivity contribution in [3.8, 4) is 11.1 Å². The molecule has 0 bridgehead atoms. The van der Waals surface area contributed by atoms with Gasteiger partial charge in [-0.15, -0.1) is 0 Å². The van der Waals surface area contributed by atoms with E-state index in [-0.39, 0.29) is 11.9 Å². The first kappa shape index (κ1) is 14.3. The van der Waals surface area contributed by atoms with Crippen LogP contribution in [0.5, 0.6) is 0 Å². The third-order valence-electron chi connectivity index (χ3n) is 3.31. The molecule has 1 amide bonds. The Morgan fingerprint density at radius 1 is 1.15 bits per heavy atom. The lowest BCUT2D eigenvalue weighted by Gasteiger charge is -2.09. The number of nitrogens with zero attached hydrogens (tertiary/aromatic N) is 1. The number of hydrogen-bond donors (Lipinski definition) is 1. The second-order valence-electron chi connectivity index (χ2n) is 5.01. The summed E-state index contributed by atoms with van der Waals surface area (Å²) in [5.41, 5.74) is 2.27. The molecule has 1 aromatic carbocycles. The molecule has 2 rings (SSSR count). The van der Waals surface area contributed by atoms with Crippen molar-refractivity contribution in [1.82, 2.24) is 5.32 Å². The predicted octanol–water partition coefficient (Wildman–Crippen LogP) is 2.56. The number of aromatic nitrogens is 1. The van der Waals surface area contributed by atoms with Gasteiger partial charge < -0.3 is 5.32 Å². The molecule has 0 saturated heterocycles. The zero-order chi connectivity index (χ0) is 14.4. The highest BCUT2D eigenvalue weighted by Gasteiger charge is 2.12. The third-order valence-corrected chi connectivity index (χ3v) is 3.31. The maximum absolute atomic E-state index is 11.9. The fourth-order valence-corrected chi connectivity index (χ4v) is 2.01. The van der Waals surface area contributed by atoms with Crippen molar-refractivity contribution in [3.05, 3.63) is 54.9 Å². The molecule has 0 aliphatic heterocycles. The zero-order valence-electron chi connectivity index (χ0n) is 12.0. The van der Waals surface area contributed by atoms with E-state index in [1.165, 1.54) is 0 Å². The van der Waals surface area contributed by atoms with Gasteiger partial charge in [0, 0.05) is 17.7 Å². The predicted molar refractivity (Wildman–Crippen MR) is 80.0 cm³/mol. The molecule has 1 N–H and O–H groups in total. The molecule has 1 atom stereocenters. The van der Waals surface area contributed by atoms with Gasteiger partial charge in [-0.25, -0.2) is 0 Å². The third kappa shape index (κ3) is 3.92. The molecular weight excluding hydrogens is 248 g/mol. The van der Waals surface area contributed by atoms with Gasteiger partial charge in [-0.2, -0.15) is 4.57 Å². The molecule has 0 aliphatic carbocycles. The number of hydrogen-bond acceptors (Lipinski definition) is 1. The second-order valence-corrected chi connectivity index (χ2v) is 5.01. The Labute approximate surface area is 120 Å². The van der Waals surface area contributed by atoms with Gasteiger partial charge in [0.1, 0.15) is 0 Å². The first-order chi connectivity index (χ1) is 9.69. The standard InChI is InChI=1S/C17H20N2O/c1-3-14(2)18-17(20)13-19-11-7-10-16(12-19)15-8-5-4-6-9-15/h4-12,14H,3,13H2,1-2H3/p+1/t14-/m0/s1. The maximum atomic E-state index is 11.9. The molecule has 1 aromatic heterocycles. The Bertz CT molecular complexity index is 566. The van der Waals surface area contributed by atoms with Crippen LogP contribution in [0.2, 0.25) is 0 Å². The molecule has 0 spiro atoms. The first-order valence-electron chi connectivity index (χ1n) is 7.03. The van der Waals surface area contributed by atoms with Gasteiger partial charge in [0.2, 0.25) is 6.54 Å². The summed E-state index contributed by atoms with van der Waals surface area (Å²) >= 11 is 0. The molecule has 0 aliphatic rings. The van der Waals surface area contributed by atoms with E-state index < -0.39 is 0 Å². The fraction of sp³-hybridized carbons (Fsp3) is 0.294. The van der Waals surface area contributed by atoms with Gasteiger partial charge in [0.25, 0.3) is 5.91 Å². The Balaban J connectivity index is 2.09. The van der Waals surface area contributed by atoms with Crippen LogP contribution < -0.4 is 9.88 Å². The van der Waals surface area contributed by atoms with Crippen molar-refractivity contribution in [2.45, 2.75) is 32.9 Å². The Morgan fingerprint density at radius 3 is 2.55 bits per heavy atom. The van der Waals surface area contributed by atoms with Crippen molar-refractivity contribution >= 4 is 5.91 Å². The monoisotopic (exact) mass is 269 g/mol. The van der Waals surface area contributed by atoms with E-state index in [1.807, 2.05) is 48.1 Å². The summed E-state index contributed by atoms with van der Waals surface area (Å²) in [6, 6.07) is 14.4. The molecule has 0 fully saturated rings. The molecule has 0 unspecified atom stereocenters. The van der Waals surface area contributed by atoms with E-state index >= 15 is 0 Å². The van der Waals surface area contributed by atoms with Crippen LogP contribution in [0.3, 0.4) is 0 Å². The van der Waals surface area contributed by atoms with Crippen LogP contribution in [0.1, 0.15) is 20.3 Å². The Morgan fingerprint density at radius 2 is 1.85 bits per heavy atom. The Kier molecular flexibility index (Phi) is 4.88. The number of nitrogens with one attached hydrogen (secondary N) is 1.